The Bertz CT molecular complexity index is 755. The normalized spacial score (nSPS) is 18.4. The number of methoxy groups -OCH3 is 2. The van der Waals surface area contributed by atoms with E-state index in [1.165, 1.54) is 0 Å². The molecule has 1 aromatic rings. The largest absolute Gasteiger partial charge is 0.493 e. The van der Waals surface area contributed by atoms with Crippen LogP contribution in [-0.4, -0.2) is 49.9 Å². The number of nitrogens with zero attached hydrogens (tertiary/aromatic N) is 1. The summed E-state index contributed by atoms with van der Waals surface area (Å²) in [5.41, 5.74) is 0.447. The molecule has 0 aromatic heterocycles. The fourth-order valence-electron chi connectivity index (χ4n) is 4.22. The Kier molecular flexibility index (Phi) is 6.21. The molecule has 28 heavy (non-hydrogen) atoms. The van der Waals surface area contributed by atoms with Crippen molar-refractivity contribution in [1.29, 1.82) is 0 Å². The highest BCUT2D eigenvalue weighted by atomic mass is 16.5. The Morgan fingerprint density at radius 3 is 2.50 bits per heavy atom. The highest BCUT2D eigenvalue weighted by Crippen LogP contribution is 2.45. The van der Waals surface area contributed by atoms with Gasteiger partial charge in [0.05, 0.1) is 19.6 Å². The fourth-order valence-corrected chi connectivity index (χ4v) is 4.22. The molecule has 0 bridgehead atoms. The van der Waals surface area contributed by atoms with E-state index in [0.29, 0.717) is 24.5 Å². The molecule has 1 saturated heterocycles. The Labute approximate surface area is 165 Å². The van der Waals surface area contributed by atoms with E-state index in [1.807, 2.05) is 18.2 Å². The molecular weight excluding hydrogens is 360 g/mol. The molecule has 1 aromatic carbocycles. The van der Waals surface area contributed by atoms with Crippen LogP contribution in [0.4, 0.5) is 0 Å². The molecule has 2 fully saturated rings. The van der Waals surface area contributed by atoms with Crippen LogP contribution in [0.1, 0.15) is 44.1 Å². The number of imide groups is 1. The van der Waals surface area contributed by atoms with Crippen LogP contribution in [0.25, 0.3) is 0 Å². The molecular formula is C21H28N2O5. The Morgan fingerprint density at radius 2 is 1.82 bits per heavy atom. The Balaban J connectivity index is 1.51. The molecule has 1 saturated carbocycles. The number of hydrogen-bond acceptors (Lipinski definition) is 5. The zero-order valence-electron chi connectivity index (χ0n) is 16.6. The first-order valence-corrected chi connectivity index (χ1v) is 9.81. The maximum absolute atomic E-state index is 12.8. The maximum Gasteiger partial charge on any atom is 0.240 e. The van der Waals surface area contributed by atoms with Crippen molar-refractivity contribution in [3.63, 3.8) is 0 Å². The molecule has 7 nitrogen and oxygen atoms in total. The monoisotopic (exact) mass is 388 g/mol. The first-order chi connectivity index (χ1) is 13.5. The third-order valence-electron chi connectivity index (χ3n) is 5.79. The van der Waals surface area contributed by atoms with Gasteiger partial charge in [0.15, 0.2) is 11.5 Å². The molecule has 152 valence electrons. The van der Waals surface area contributed by atoms with Crippen LogP contribution in [0, 0.1) is 5.41 Å². The van der Waals surface area contributed by atoms with Gasteiger partial charge in [-0.15, -0.1) is 0 Å². The lowest BCUT2D eigenvalue weighted by Crippen LogP contribution is -2.43. The molecule has 1 spiro atoms. The topological polar surface area (TPSA) is 84.9 Å². The summed E-state index contributed by atoms with van der Waals surface area (Å²) >= 11 is 0. The van der Waals surface area contributed by atoms with Gasteiger partial charge >= 0.3 is 0 Å². The molecule has 0 radical (unpaired) electrons. The zero-order valence-corrected chi connectivity index (χ0v) is 16.6. The van der Waals surface area contributed by atoms with Crippen molar-refractivity contribution in [1.82, 2.24) is 10.2 Å². The van der Waals surface area contributed by atoms with Gasteiger partial charge in [-0.25, -0.2) is 0 Å². The quantitative estimate of drug-likeness (QED) is 0.723. The van der Waals surface area contributed by atoms with Crippen molar-refractivity contribution in [2.24, 2.45) is 5.41 Å². The standard InChI is InChI=1S/C21H28N2O5/c1-27-16-7-6-15(12-17(16)28-2)8-11-22-18(24)14-23-19(25)13-21(20(23)26)9-4-3-5-10-21/h6-7,12H,3-5,8-11,13-14H2,1-2H3,(H,22,24). The van der Waals surface area contributed by atoms with E-state index in [2.05, 4.69) is 5.32 Å². The summed E-state index contributed by atoms with van der Waals surface area (Å²) in [7, 11) is 3.16. The third-order valence-corrected chi connectivity index (χ3v) is 5.79. The molecule has 3 rings (SSSR count). The van der Waals surface area contributed by atoms with Crippen molar-refractivity contribution in [2.75, 3.05) is 27.3 Å². The van der Waals surface area contributed by atoms with Gasteiger partial charge in [-0.3, -0.25) is 19.3 Å². The number of rotatable bonds is 7. The summed E-state index contributed by atoms with van der Waals surface area (Å²) in [4.78, 5) is 38.5. The first-order valence-electron chi connectivity index (χ1n) is 9.81. The predicted molar refractivity (Wildman–Crippen MR) is 103 cm³/mol. The SMILES string of the molecule is COc1ccc(CCNC(=O)CN2C(=O)CC3(CCCCC3)C2=O)cc1OC. The molecule has 1 heterocycles. The number of hydrogen-bond donors (Lipinski definition) is 1. The van der Waals surface area contributed by atoms with Gasteiger partial charge in [-0.2, -0.15) is 0 Å². The minimum atomic E-state index is -0.546. The van der Waals surface area contributed by atoms with Gasteiger partial charge in [0, 0.05) is 13.0 Å². The molecule has 1 aliphatic carbocycles. The number of benzene rings is 1. The molecule has 1 N–H and O–H groups in total. The van der Waals surface area contributed by atoms with Crippen LogP contribution in [0.3, 0.4) is 0 Å². The zero-order chi connectivity index (χ0) is 20.1. The van der Waals surface area contributed by atoms with Crippen LogP contribution in [0.15, 0.2) is 18.2 Å². The van der Waals surface area contributed by atoms with Crippen molar-refractivity contribution in [3.8, 4) is 11.5 Å². The van der Waals surface area contributed by atoms with Crippen molar-refractivity contribution in [3.05, 3.63) is 23.8 Å². The summed E-state index contributed by atoms with van der Waals surface area (Å²) in [5.74, 6) is 0.597. The fraction of sp³-hybridized carbons (Fsp3) is 0.571. The van der Waals surface area contributed by atoms with Gasteiger partial charge in [0.2, 0.25) is 17.7 Å². The summed E-state index contributed by atoms with van der Waals surface area (Å²) in [6.45, 7) is 0.223. The molecule has 0 atom stereocenters. The molecule has 2 aliphatic rings. The number of carbonyl (C=O) groups is 3. The Hall–Kier alpha value is -2.57. The van der Waals surface area contributed by atoms with Gasteiger partial charge in [0.1, 0.15) is 6.54 Å². The van der Waals surface area contributed by atoms with Crippen LogP contribution in [-0.2, 0) is 20.8 Å². The highest BCUT2D eigenvalue weighted by Gasteiger charge is 2.51. The molecule has 3 amide bonds. The highest BCUT2D eigenvalue weighted by molar-refractivity contribution is 6.08. The van der Waals surface area contributed by atoms with Crippen LogP contribution < -0.4 is 14.8 Å². The van der Waals surface area contributed by atoms with E-state index < -0.39 is 5.41 Å². The Morgan fingerprint density at radius 1 is 1.11 bits per heavy atom. The number of likely N-dealkylation sites (tertiary alicyclic amines) is 1. The molecule has 7 heteroatoms. The van der Waals surface area contributed by atoms with Crippen LogP contribution >= 0.6 is 0 Å². The second-order valence-corrected chi connectivity index (χ2v) is 7.59. The van der Waals surface area contributed by atoms with E-state index in [9.17, 15) is 14.4 Å². The molecule has 1 aliphatic heterocycles. The van der Waals surface area contributed by atoms with Crippen molar-refractivity contribution >= 4 is 17.7 Å². The van der Waals surface area contributed by atoms with Crippen LogP contribution in [0.2, 0.25) is 0 Å². The number of amides is 3. The van der Waals surface area contributed by atoms with E-state index in [0.717, 1.165) is 42.6 Å². The summed E-state index contributed by atoms with van der Waals surface area (Å²) in [6.07, 6.45) is 5.45. The van der Waals surface area contributed by atoms with E-state index in [1.54, 1.807) is 14.2 Å². The lowest BCUT2D eigenvalue weighted by atomic mass is 9.73. The van der Waals surface area contributed by atoms with Gasteiger partial charge in [0.25, 0.3) is 0 Å². The smallest absolute Gasteiger partial charge is 0.240 e. The minimum absolute atomic E-state index is 0.160. The number of carbonyl (C=O) groups excluding carboxylic acids is 3. The summed E-state index contributed by atoms with van der Waals surface area (Å²) in [5, 5.41) is 2.80. The predicted octanol–water partition coefficient (Wildman–Crippen LogP) is 2.07. The van der Waals surface area contributed by atoms with Crippen molar-refractivity contribution in [2.45, 2.75) is 44.9 Å². The summed E-state index contributed by atoms with van der Waals surface area (Å²) in [6, 6.07) is 5.60. The lowest BCUT2D eigenvalue weighted by Gasteiger charge is -2.30. The number of ether oxygens (including phenoxy) is 2. The van der Waals surface area contributed by atoms with E-state index >= 15 is 0 Å². The van der Waals surface area contributed by atoms with Crippen LogP contribution in [0.5, 0.6) is 11.5 Å². The average Bonchev–Trinajstić information content (AvgIpc) is 2.92. The average molecular weight is 388 g/mol. The second-order valence-electron chi connectivity index (χ2n) is 7.59. The van der Waals surface area contributed by atoms with E-state index in [4.69, 9.17) is 9.47 Å². The minimum Gasteiger partial charge on any atom is -0.493 e. The third kappa shape index (κ3) is 4.13. The maximum atomic E-state index is 12.8. The molecule has 0 unspecified atom stereocenters. The summed E-state index contributed by atoms with van der Waals surface area (Å²) < 4.78 is 10.5. The lowest BCUT2D eigenvalue weighted by molar-refractivity contribution is -0.145. The number of nitrogens with one attached hydrogen (secondary N) is 1. The van der Waals surface area contributed by atoms with Gasteiger partial charge in [-0.05, 0) is 37.0 Å². The van der Waals surface area contributed by atoms with Gasteiger partial charge in [-0.1, -0.05) is 25.3 Å². The second kappa shape index (κ2) is 8.63. The van der Waals surface area contributed by atoms with Crippen molar-refractivity contribution < 1.29 is 23.9 Å². The van der Waals surface area contributed by atoms with E-state index in [-0.39, 0.29) is 30.7 Å². The first kappa shape index (κ1) is 20.2. The van der Waals surface area contributed by atoms with Gasteiger partial charge < -0.3 is 14.8 Å².